The van der Waals surface area contributed by atoms with Crippen LogP contribution in [-0.2, 0) is 0 Å². The van der Waals surface area contributed by atoms with Gasteiger partial charge in [0.05, 0.1) is 11.6 Å². The molecule has 0 bridgehead atoms. The van der Waals surface area contributed by atoms with Gasteiger partial charge in [-0.3, -0.25) is 4.79 Å². The largest absolute Gasteiger partial charge is 0.293 e. The first-order chi connectivity index (χ1) is 7.94. The van der Waals surface area contributed by atoms with Crippen molar-refractivity contribution in [3.63, 3.8) is 0 Å². The van der Waals surface area contributed by atoms with Crippen LogP contribution in [0.25, 0.3) is 0 Å². The fourth-order valence-corrected chi connectivity index (χ4v) is 2.58. The minimum Gasteiger partial charge on any atom is -0.293 e. The van der Waals surface area contributed by atoms with Gasteiger partial charge in [0.25, 0.3) is 0 Å². The summed E-state index contributed by atoms with van der Waals surface area (Å²) < 4.78 is 0. The number of hydrogen-bond donors (Lipinski definition) is 0. The second-order valence-electron chi connectivity index (χ2n) is 5.08. The van der Waals surface area contributed by atoms with Gasteiger partial charge in [0, 0.05) is 18.0 Å². The summed E-state index contributed by atoms with van der Waals surface area (Å²) in [5.74, 6) is -0.00616. The average molecular weight is 249 g/mol. The van der Waals surface area contributed by atoms with Crippen molar-refractivity contribution in [2.45, 2.75) is 26.7 Å². The minimum absolute atomic E-state index is 0.00616. The van der Waals surface area contributed by atoms with Gasteiger partial charge >= 0.3 is 0 Å². The lowest BCUT2D eigenvalue weighted by atomic mass is 9.87. The molecule has 0 amide bonds. The number of rotatable bonds is 3. The second-order valence-corrected chi connectivity index (χ2v) is 5.43. The number of carbonyl (C=O) groups excluding carboxylic acids is 1. The van der Waals surface area contributed by atoms with Gasteiger partial charge in [0.1, 0.15) is 5.15 Å². The van der Waals surface area contributed by atoms with Crippen molar-refractivity contribution in [1.82, 2.24) is 4.98 Å². The van der Waals surface area contributed by atoms with Crippen molar-refractivity contribution in [2.75, 3.05) is 0 Å². The lowest BCUT2D eigenvalue weighted by Crippen LogP contribution is -2.20. The van der Waals surface area contributed by atoms with Gasteiger partial charge < -0.3 is 0 Å². The van der Waals surface area contributed by atoms with Crippen LogP contribution < -0.4 is 0 Å². The average Bonchev–Trinajstić information content (AvgIpc) is 2.83. The zero-order chi connectivity index (χ0) is 12.7. The third-order valence-corrected chi connectivity index (χ3v) is 4.23. The Labute approximate surface area is 105 Å². The summed E-state index contributed by atoms with van der Waals surface area (Å²) in [6.45, 7) is 3.87. The van der Waals surface area contributed by atoms with Crippen molar-refractivity contribution in [2.24, 2.45) is 10.8 Å². The number of hydrogen-bond acceptors (Lipinski definition) is 3. The highest BCUT2D eigenvalue weighted by atomic mass is 35.5. The summed E-state index contributed by atoms with van der Waals surface area (Å²) in [5, 5.41) is 9.02. The fraction of sp³-hybridized carbons (Fsp3) is 0.462. The van der Waals surface area contributed by atoms with Crippen LogP contribution in [0.2, 0.25) is 5.15 Å². The Morgan fingerprint density at radius 1 is 1.65 bits per heavy atom. The molecule has 0 saturated heterocycles. The number of pyridine rings is 1. The standard InChI is InChI=1S/C13H13ClN2O/c1-12(5-6-15)8-13(12,2)10(17)9-4-3-7-16-11(9)14/h3-4,7H,5,8H2,1-2H3. The Morgan fingerprint density at radius 3 is 2.94 bits per heavy atom. The van der Waals surface area contributed by atoms with Crippen LogP contribution in [0.5, 0.6) is 0 Å². The van der Waals surface area contributed by atoms with E-state index in [-0.39, 0.29) is 16.4 Å². The van der Waals surface area contributed by atoms with Gasteiger partial charge in [-0.1, -0.05) is 25.4 Å². The summed E-state index contributed by atoms with van der Waals surface area (Å²) in [4.78, 5) is 16.3. The van der Waals surface area contributed by atoms with Crippen LogP contribution in [-0.4, -0.2) is 10.8 Å². The lowest BCUT2D eigenvalue weighted by Gasteiger charge is -2.15. The molecule has 1 fully saturated rings. The first kappa shape index (κ1) is 12.1. The van der Waals surface area contributed by atoms with Gasteiger partial charge in [-0.05, 0) is 24.0 Å². The SMILES string of the molecule is CC1(CC#N)CC1(C)C(=O)c1cccnc1Cl. The summed E-state index contributed by atoms with van der Waals surface area (Å²) in [7, 11) is 0. The third-order valence-electron chi connectivity index (χ3n) is 3.92. The molecule has 1 heterocycles. The maximum atomic E-state index is 12.4. The first-order valence-electron chi connectivity index (χ1n) is 5.47. The van der Waals surface area contributed by atoms with Crippen LogP contribution in [0.15, 0.2) is 18.3 Å². The van der Waals surface area contributed by atoms with Crippen LogP contribution in [0, 0.1) is 22.2 Å². The molecule has 1 aliphatic rings. The van der Waals surface area contributed by atoms with E-state index in [1.807, 2.05) is 13.8 Å². The van der Waals surface area contributed by atoms with E-state index in [2.05, 4.69) is 11.1 Å². The van der Waals surface area contributed by atoms with E-state index in [9.17, 15) is 4.79 Å². The van der Waals surface area contributed by atoms with Crippen molar-refractivity contribution in [1.29, 1.82) is 5.26 Å². The maximum Gasteiger partial charge on any atom is 0.172 e. The molecule has 2 unspecified atom stereocenters. The maximum absolute atomic E-state index is 12.4. The number of halogens is 1. The zero-order valence-electron chi connectivity index (χ0n) is 9.83. The number of nitriles is 1. The molecule has 0 radical (unpaired) electrons. The van der Waals surface area contributed by atoms with Crippen LogP contribution >= 0.6 is 11.6 Å². The summed E-state index contributed by atoms with van der Waals surface area (Å²) >= 11 is 5.93. The normalized spacial score (nSPS) is 30.7. The van der Waals surface area contributed by atoms with E-state index in [4.69, 9.17) is 16.9 Å². The van der Waals surface area contributed by atoms with Gasteiger partial charge in [-0.2, -0.15) is 5.26 Å². The smallest absolute Gasteiger partial charge is 0.172 e. The summed E-state index contributed by atoms with van der Waals surface area (Å²) in [6, 6.07) is 5.53. The highest BCUT2D eigenvalue weighted by Gasteiger charge is 2.65. The molecular weight excluding hydrogens is 236 g/mol. The molecule has 0 spiro atoms. The number of carbonyl (C=O) groups is 1. The molecule has 2 rings (SSSR count). The van der Waals surface area contributed by atoms with Crippen LogP contribution in [0.4, 0.5) is 0 Å². The topological polar surface area (TPSA) is 53.8 Å². The van der Waals surface area contributed by atoms with Crippen molar-refractivity contribution in [3.05, 3.63) is 29.0 Å². The molecule has 0 aromatic carbocycles. The molecule has 1 aromatic rings. The molecule has 0 N–H and O–H groups in total. The van der Waals surface area contributed by atoms with E-state index in [1.54, 1.807) is 18.3 Å². The third kappa shape index (κ3) is 1.73. The van der Waals surface area contributed by atoms with Gasteiger partial charge in [0.2, 0.25) is 0 Å². The summed E-state index contributed by atoms with van der Waals surface area (Å²) in [6.07, 6.45) is 2.69. The molecule has 17 heavy (non-hydrogen) atoms. The zero-order valence-corrected chi connectivity index (χ0v) is 10.6. The Hall–Kier alpha value is -1.40. The van der Waals surface area contributed by atoms with Crippen LogP contribution in [0.1, 0.15) is 37.0 Å². The molecule has 88 valence electrons. The van der Waals surface area contributed by atoms with E-state index in [0.717, 1.165) is 6.42 Å². The molecule has 2 atom stereocenters. The highest BCUT2D eigenvalue weighted by molar-refractivity contribution is 6.33. The van der Waals surface area contributed by atoms with Crippen molar-refractivity contribution >= 4 is 17.4 Å². The fourth-order valence-electron chi connectivity index (χ4n) is 2.38. The number of ketones is 1. The van der Waals surface area contributed by atoms with Gasteiger partial charge in [0.15, 0.2) is 5.78 Å². The quantitative estimate of drug-likeness (QED) is 0.609. The van der Waals surface area contributed by atoms with E-state index in [1.165, 1.54) is 0 Å². The van der Waals surface area contributed by atoms with E-state index >= 15 is 0 Å². The Morgan fingerprint density at radius 2 is 2.35 bits per heavy atom. The lowest BCUT2D eigenvalue weighted by molar-refractivity contribution is 0.0881. The van der Waals surface area contributed by atoms with E-state index < -0.39 is 5.41 Å². The minimum atomic E-state index is -0.477. The molecule has 0 aliphatic heterocycles. The predicted molar refractivity (Wildman–Crippen MR) is 64.6 cm³/mol. The van der Waals surface area contributed by atoms with Crippen molar-refractivity contribution in [3.8, 4) is 6.07 Å². The molecule has 1 aromatic heterocycles. The van der Waals surface area contributed by atoms with Crippen molar-refractivity contribution < 1.29 is 4.79 Å². The Bertz CT molecular complexity index is 522. The van der Waals surface area contributed by atoms with Crippen LogP contribution in [0.3, 0.4) is 0 Å². The summed E-state index contributed by atoms with van der Waals surface area (Å²) in [5.41, 5.74) is -0.244. The molecular formula is C13H13ClN2O. The number of aromatic nitrogens is 1. The Balaban J connectivity index is 2.30. The molecule has 4 heteroatoms. The monoisotopic (exact) mass is 248 g/mol. The highest BCUT2D eigenvalue weighted by Crippen LogP contribution is 2.66. The molecule has 3 nitrogen and oxygen atoms in total. The predicted octanol–water partition coefficient (Wildman–Crippen LogP) is 3.25. The number of Topliss-reactive ketones (excluding diaryl/α,β-unsaturated/α-hetero) is 1. The second kappa shape index (κ2) is 3.82. The Kier molecular flexibility index (Phi) is 2.71. The van der Waals surface area contributed by atoms with E-state index in [0.29, 0.717) is 12.0 Å². The number of nitrogens with zero attached hydrogens (tertiary/aromatic N) is 2. The first-order valence-corrected chi connectivity index (χ1v) is 5.85. The van der Waals surface area contributed by atoms with Gasteiger partial charge in [-0.25, -0.2) is 4.98 Å². The molecule has 1 aliphatic carbocycles. The van der Waals surface area contributed by atoms with Gasteiger partial charge in [-0.15, -0.1) is 0 Å². The molecule has 1 saturated carbocycles.